The zero-order valence-electron chi connectivity index (χ0n) is 13.9. The average molecular weight is 350 g/mol. The van der Waals surface area contributed by atoms with Gasteiger partial charge in [-0.05, 0) is 48.7 Å². The van der Waals surface area contributed by atoms with Crippen molar-refractivity contribution in [3.63, 3.8) is 0 Å². The molecule has 3 rings (SSSR count). The third-order valence-electron chi connectivity index (χ3n) is 4.70. The number of hydrogen-bond acceptors (Lipinski definition) is 2. The van der Waals surface area contributed by atoms with Crippen molar-refractivity contribution in [1.29, 1.82) is 0 Å². The Morgan fingerprint density at radius 1 is 1.08 bits per heavy atom. The number of fused-ring (bicyclic) bond motifs is 1. The van der Waals surface area contributed by atoms with Crippen molar-refractivity contribution >= 4 is 16.7 Å². The van der Waals surface area contributed by atoms with E-state index >= 15 is 0 Å². The van der Waals surface area contributed by atoms with E-state index in [4.69, 9.17) is 0 Å². The minimum atomic E-state index is -4.14. The van der Waals surface area contributed by atoms with Gasteiger partial charge in [-0.3, -0.25) is 9.69 Å². The molecule has 0 spiro atoms. The van der Waals surface area contributed by atoms with Crippen LogP contribution in [-0.2, 0) is 0 Å². The quantitative estimate of drug-likeness (QED) is 0.909. The third-order valence-corrected chi connectivity index (χ3v) is 4.70. The molecule has 1 saturated heterocycles. The first-order valence-corrected chi connectivity index (χ1v) is 8.47. The predicted octanol–water partition coefficient (Wildman–Crippen LogP) is 3.84. The Balaban J connectivity index is 1.53. The van der Waals surface area contributed by atoms with Crippen LogP contribution in [0.25, 0.3) is 10.8 Å². The molecule has 1 amide bonds. The first kappa shape index (κ1) is 17.7. The zero-order chi connectivity index (χ0) is 17.9. The molecule has 0 aromatic heterocycles. The fourth-order valence-electron chi connectivity index (χ4n) is 3.36. The summed E-state index contributed by atoms with van der Waals surface area (Å²) >= 11 is 0. The van der Waals surface area contributed by atoms with Crippen molar-refractivity contribution in [2.75, 3.05) is 26.2 Å². The van der Waals surface area contributed by atoms with E-state index in [2.05, 4.69) is 5.32 Å². The normalized spacial score (nSPS) is 16.9. The summed E-state index contributed by atoms with van der Waals surface area (Å²) in [5.74, 6) is 0.0953. The van der Waals surface area contributed by atoms with Gasteiger partial charge in [-0.25, -0.2) is 0 Å². The second-order valence-electron chi connectivity index (χ2n) is 6.57. The highest BCUT2D eigenvalue weighted by molar-refractivity contribution is 6.06. The smallest absolute Gasteiger partial charge is 0.352 e. The highest BCUT2D eigenvalue weighted by Crippen LogP contribution is 2.23. The van der Waals surface area contributed by atoms with Crippen LogP contribution in [0, 0.1) is 5.92 Å². The Kier molecular flexibility index (Phi) is 5.27. The van der Waals surface area contributed by atoms with E-state index in [1.165, 1.54) is 4.90 Å². The molecule has 6 heteroatoms. The van der Waals surface area contributed by atoms with Gasteiger partial charge in [0.05, 0.1) is 6.54 Å². The fraction of sp³-hybridized carbons (Fsp3) is 0.421. The summed E-state index contributed by atoms with van der Waals surface area (Å²) in [6, 6.07) is 13.3. The topological polar surface area (TPSA) is 32.3 Å². The molecule has 0 aliphatic carbocycles. The van der Waals surface area contributed by atoms with Gasteiger partial charge in [0.25, 0.3) is 5.91 Å². The van der Waals surface area contributed by atoms with Crippen LogP contribution in [-0.4, -0.2) is 43.2 Å². The van der Waals surface area contributed by atoms with Crippen molar-refractivity contribution in [2.45, 2.75) is 19.0 Å². The predicted molar refractivity (Wildman–Crippen MR) is 91.5 cm³/mol. The molecule has 0 unspecified atom stereocenters. The van der Waals surface area contributed by atoms with Crippen LogP contribution in [0.5, 0.6) is 0 Å². The molecule has 0 bridgehead atoms. The van der Waals surface area contributed by atoms with E-state index in [9.17, 15) is 18.0 Å². The molecule has 1 heterocycles. The van der Waals surface area contributed by atoms with Crippen LogP contribution in [0.4, 0.5) is 13.2 Å². The molecule has 2 aromatic rings. The average Bonchev–Trinajstić information content (AvgIpc) is 2.59. The maximum Gasteiger partial charge on any atom is 0.401 e. The molecule has 1 aliphatic heterocycles. The lowest BCUT2D eigenvalue weighted by Crippen LogP contribution is -2.42. The lowest BCUT2D eigenvalue weighted by molar-refractivity contribution is -0.148. The molecule has 2 aromatic carbocycles. The Hall–Kier alpha value is -2.08. The molecule has 0 radical (unpaired) electrons. The van der Waals surface area contributed by atoms with Gasteiger partial charge in [0.15, 0.2) is 0 Å². The van der Waals surface area contributed by atoms with Gasteiger partial charge in [0.2, 0.25) is 0 Å². The van der Waals surface area contributed by atoms with Gasteiger partial charge in [-0.1, -0.05) is 36.4 Å². The zero-order valence-corrected chi connectivity index (χ0v) is 13.9. The Morgan fingerprint density at radius 2 is 1.76 bits per heavy atom. The van der Waals surface area contributed by atoms with Crippen LogP contribution in [0.2, 0.25) is 0 Å². The standard InChI is InChI=1S/C19H21F3N2O/c20-19(21,22)13-24-10-8-14(9-11-24)12-23-18(25)17-7-3-5-15-4-1-2-6-16(15)17/h1-7,14H,8-13H2,(H,23,25). The summed E-state index contributed by atoms with van der Waals surface area (Å²) in [7, 11) is 0. The summed E-state index contributed by atoms with van der Waals surface area (Å²) in [5.41, 5.74) is 0.632. The van der Waals surface area contributed by atoms with Gasteiger partial charge in [-0.2, -0.15) is 13.2 Å². The van der Waals surface area contributed by atoms with Crippen LogP contribution in [0.15, 0.2) is 42.5 Å². The summed E-state index contributed by atoms with van der Waals surface area (Å²) in [4.78, 5) is 13.9. The molecule has 134 valence electrons. The van der Waals surface area contributed by atoms with Gasteiger partial charge in [-0.15, -0.1) is 0 Å². The number of nitrogens with zero attached hydrogens (tertiary/aromatic N) is 1. The van der Waals surface area contributed by atoms with Crippen molar-refractivity contribution in [1.82, 2.24) is 10.2 Å². The maximum atomic E-state index is 12.5. The molecule has 1 aliphatic rings. The number of benzene rings is 2. The van der Waals surface area contributed by atoms with Gasteiger partial charge >= 0.3 is 6.18 Å². The first-order chi connectivity index (χ1) is 11.9. The van der Waals surface area contributed by atoms with Crippen molar-refractivity contribution in [2.24, 2.45) is 5.92 Å². The van der Waals surface area contributed by atoms with E-state index in [0.29, 0.717) is 38.0 Å². The van der Waals surface area contributed by atoms with E-state index in [0.717, 1.165) is 10.8 Å². The van der Waals surface area contributed by atoms with Crippen molar-refractivity contribution in [3.8, 4) is 0 Å². The first-order valence-electron chi connectivity index (χ1n) is 8.47. The number of piperidine rings is 1. The monoisotopic (exact) mass is 350 g/mol. The van der Waals surface area contributed by atoms with Crippen LogP contribution in [0.1, 0.15) is 23.2 Å². The summed E-state index contributed by atoms with van der Waals surface area (Å²) in [6.45, 7) is 0.507. The van der Waals surface area contributed by atoms with E-state index in [-0.39, 0.29) is 11.8 Å². The number of rotatable bonds is 4. The van der Waals surface area contributed by atoms with Gasteiger partial charge < -0.3 is 5.32 Å². The minimum absolute atomic E-state index is 0.130. The number of halogens is 3. The number of carbonyl (C=O) groups excluding carboxylic acids is 1. The summed E-state index contributed by atoms with van der Waals surface area (Å²) in [6.07, 6.45) is -2.80. The molecule has 1 N–H and O–H groups in total. The number of hydrogen-bond donors (Lipinski definition) is 1. The molecule has 0 saturated carbocycles. The SMILES string of the molecule is O=C(NCC1CCN(CC(F)(F)F)CC1)c1cccc2ccccc12. The lowest BCUT2D eigenvalue weighted by Gasteiger charge is -2.32. The number of nitrogens with one attached hydrogen (secondary N) is 1. The third kappa shape index (κ3) is 4.72. The van der Waals surface area contributed by atoms with Gasteiger partial charge in [0, 0.05) is 12.1 Å². The molecule has 25 heavy (non-hydrogen) atoms. The molecular weight excluding hydrogens is 329 g/mol. The lowest BCUT2D eigenvalue weighted by atomic mass is 9.96. The largest absolute Gasteiger partial charge is 0.401 e. The summed E-state index contributed by atoms with van der Waals surface area (Å²) in [5, 5.41) is 4.86. The van der Waals surface area contributed by atoms with E-state index in [1.54, 1.807) is 6.07 Å². The number of likely N-dealkylation sites (tertiary alicyclic amines) is 1. The van der Waals surface area contributed by atoms with Crippen molar-refractivity contribution in [3.05, 3.63) is 48.0 Å². The highest BCUT2D eigenvalue weighted by Gasteiger charge is 2.32. The second-order valence-corrected chi connectivity index (χ2v) is 6.57. The Morgan fingerprint density at radius 3 is 2.48 bits per heavy atom. The van der Waals surface area contributed by atoms with Crippen LogP contribution in [0.3, 0.4) is 0 Å². The fourth-order valence-corrected chi connectivity index (χ4v) is 3.36. The second kappa shape index (κ2) is 7.44. The van der Waals surface area contributed by atoms with Gasteiger partial charge in [0.1, 0.15) is 0 Å². The maximum absolute atomic E-state index is 12.5. The Labute approximate surface area is 144 Å². The van der Waals surface area contributed by atoms with E-state index in [1.807, 2.05) is 36.4 Å². The van der Waals surface area contributed by atoms with Crippen LogP contribution < -0.4 is 5.32 Å². The molecule has 1 fully saturated rings. The molecule has 3 nitrogen and oxygen atoms in total. The van der Waals surface area contributed by atoms with E-state index < -0.39 is 12.7 Å². The number of alkyl halides is 3. The van der Waals surface area contributed by atoms with Crippen LogP contribution >= 0.6 is 0 Å². The summed E-state index contributed by atoms with van der Waals surface area (Å²) < 4.78 is 37.2. The van der Waals surface area contributed by atoms with Crippen molar-refractivity contribution < 1.29 is 18.0 Å². The Bertz CT molecular complexity index is 732. The molecule has 0 atom stereocenters. The highest BCUT2D eigenvalue weighted by atomic mass is 19.4. The number of carbonyl (C=O) groups is 1. The minimum Gasteiger partial charge on any atom is -0.352 e. The number of amides is 1. The molecular formula is C19H21F3N2O.